The van der Waals surface area contributed by atoms with Crippen molar-refractivity contribution in [1.29, 1.82) is 0 Å². The lowest BCUT2D eigenvalue weighted by atomic mass is 9.82. The first kappa shape index (κ1) is 17.2. The zero-order valence-electron chi connectivity index (χ0n) is 13.0. The van der Waals surface area contributed by atoms with Crippen molar-refractivity contribution in [3.63, 3.8) is 0 Å². The molecule has 8 heteroatoms. The van der Waals surface area contributed by atoms with Crippen LogP contribution in [-0.2, 0) is 16.1 Å². The predicted molar refractivity (Wildman–Crippen MR) is 76.1 cm³/mol. The van der Waals surface area contributed by atoms with E-state index in [1.807, 2.05) is 0 Å². The molecule has 126 valence electrons. The van der Waals surface area contributed by atoms with Gasteiger partial charge in [0.25, 0.3) is 0 Å². The average Bonchev–Trinajstić information content (AvgIpc) is 2.89. The molecule has 0 bridgehead atoms. The number of ether oxygens (including phenoxy) is 1. The molecule has 1 aromatic rings. The maximum Gasteiger partial charge on any atom is 0.399 e. The van der Waals surface area contributed by atoms with Gasteiger partial charge in [0.05, 0.1) is 12.0 Å². The van der Waals surface area contributed by atoms with Gasteiger partial charge in [0.15, 0.2) is 5.60 Å². The van der Waals surface area contributed by atoms with Gasteiger partial charge < -0.3 is 4.74 Å². The number of allylic oxidation sites excluding steroid dienone is 2. The van der Waals surface area contributed by atoms with Crippen molar-refractivity contribution in [2.24, 2.45) is 11.3 Å². The summed E-state index contributed by atoms with van der Waals surface area (Å²) >= 11 is 0. The van der Waals surface area contributed by atoms with Crippen molar-refractivity contribution in [3.8, 4) is 0 Å². The topological polar surface area (TPSA) is 57.0 Å². The number of hydrogen-bond donors (Lipinski definition) is 0. The summed E-state index contributed by atoms with van der Waals surface area (Å²) in [6.07, 6.45) is 2.91. The molecule has 0 saturated carbocycles. The lowest BCUT2D eigenvalue weighted by Gasteiger charge is -2.40. The van der Waals surface area contributed by atoms with Crippen LogP contribution in [0.2, 0.25) is 0 Å². The first-order valence-electron chi connectivity index (χ1n) is 7.03. The van der Waals surface area contributed by atoms with E-state index in [4.69, 9.17) is 4.74 Å². The molecule has 0 saturated heterocycles. The van der Waals surface area contributed by atoms with Crippen molar-refractivity contribution in [3.05, 3.63) is 37.0 Å². The Morgan fingerprint density at radius 2 is 2.00 bits per heavy atom. The second-order valence-corrected chi connectivity index (χ2v) is 6.45. The molecule has 1 aromatic heterocycles. The van der Waals surface area contributed by atoms with Gasteiger partial charge in [0.1, 0.15) is 18.6 Å². The van der Waals surface area contributed by atoms with E-state index >= 15 is 0 Å². The van der Waals surface area contributed by atoms with E-state index < -0.39 is 29.1 Å². The zero-order valence-corrected chi connectivity index (χ0v) is 13.0. The molecule has 0 N–H and O–H groups in total. The van der Waals surface area contributed by atoms with Crippen molar-refractivity contribution < 1.29 is 22.7 Å². The van der Waals surface area contributed by atoms with Gasteiger partial charge in [0.2, 0.25) is 0 Å². The molecule has 1 heterocycles. The van der Waals surface area contributed by atoms with E-state index in [1.54, 1.807) is 20.8 Å². The Morgan fingerprint density at radius 3 is 2.52 bits per heavy atom. The van der Waals surface area contributed by atoms with E-state index in [-0.39, 0.29) is 6.54 Å². The zero-order chi connectivity index (χ0) is 17.3. The van der Waals surface area contributed by atoms with E-state index in [0.717, 1.165) is 6.08 Å². The Kier molecular flexibility index (Phi) is 4.37. The molecule has 5 nitrogen and oxygen atoms in total. The maximum atomic E-state index is 13.5. The molecular formula is C15H18F3N3O2. The summed E-state index contributed by atoms with van der Waals surface area (Å²) in [6.45, 7) is 4.48. The van der Waals surface area contributed by atoms with Gasteiger partial charge in [-0.3, -0.25) is 4.79 Å². The van der Waals surface area contributed by atoms with E-state index in [2.05, 4.69) is 10.1 Å². The number of esters is 1. The SMILES string of the molecule is CC(C)(C)C(=O)OC1(Cn2cncn2)C=CC=CC1C(F)(F)F. The molecule has 23 heavy (non-hydrogen) atoms. The minimum absolute atomic E-state index is 0.278. The molecule has 0 aliphatic heterocycles. The van der Waals surface area contributed by atoms with Crippen molar-refractivity contribution in [2.75, 3.05) is 0 Å². The van der Waals surface area contributed by atoms with Crippen molar-refractivity contribution in [1.82, 2.24) is 14.8 Å². The Bertz CT molecular complexity index is 615. The molecule has 2 unspecified atom stereocenters. The molecule has 0 spiro atoms. The fourth-order valence-corrected chi connectivity index (χ4v) is 2.22. The quantitative estimate of drug-likeness (QED) is 0.800. The first-order chi connectivity index (χ1) is 10.5. The van der Waals surface area contributed by atoms with Crippen LogP contribution in [0.25, 0.3) is 0 Å². The van der Waals surface area contributed by atoms with E-state index in [9.17, 15) is 18.0 Å². The van der Waals surface area contributed by atoms with Crippen molar-refractivity contribution in [2.45, 2.75) is 39.1 Å². The Balaban J connectivity index is 2.43. The molecule has 1 aliphatic rings. The maximum absolute atomic E-state index is 13.5. The molecule has 0 fully saturated rings. The van der Waals surface area contributed by atoms with Crippen LogP contribution in [0, 0.1) is 11.3 Å². The number of carbonyl (C=O) groups is 1. The lowest BCUT2D eigenvalue weighted by Crippen LogP contribution is -2.52. The third kappa shape index (κ3) is 3.80. The monoisotopic (exact) mass is 329 g/mol. The number of hydrogen-bond acceptors (Lipinski definition) is 4. The highest BCUT2D eigenvalue weighted by atomic mass is 19.4. The van der Waals surface area contributed by atoms with Crippen LogP contribution in [-0.4, -0.2) is 32.5 Å². The van der Waals surface area contributed by atoms with Gasteiger partial charge >= 0.3 is 12.1 Å². The van der Waals surface area contributed by atoms with E-state index in [1.165, 1.54) is 35.6 Å². The highest BCUT2D eigenvalue weighted by Crippen LogP contribution is 2.42. The fourth-order valence-electron chi connectivity index (χ4n) is 2.22. The first-order valence-corrected chi connectivity index (χ1v) is 7.03. The standard InChI is InChI=1S/C15H18F3N3O2/c1-13(2,3)12(22)23-14(8-21-10-19-9-20-21)7-5-4-6-11(14)15(16,17)18/h4-7,9-11H,8H2,1-3H3. The van der Waals surface area contributed by atoms with Gasteiger partial charge in [-0.25, -0.2) is 9.67 Å². The predicted octanol–water partition coefficient (Wildman–Crippen LogP) is 2.91. The van der Waals surface area contributed by atoms with Crippen LogP contribution in [0.4, 0.5) is 13.2 Å². The summed E-state index contributed by atoms with van der Waals surface area (Å²) < 4.78 is 47.1. The third-order valence-electron chi connectivity index (χ3n) is 3.44. The number of halogens is 3. The van der Waals surface area contributed by atoms with E-state index in [0.29, 0.717) is 0 Å². The highest BCUT2D eigenvalue weighted by Gasteiger charge is 2.55. The Hall–Kier alpha value is -2.12. The largest absolute Gasteiger partial charge is 0.451 e. The van der Waals surface area contributed by atoms with Crippen LogP contribution in [0.1, 0.15) is 20.8 Å². The van der Waals surface area contributed by atoms with Crippen LogP contribution in [0.5, 0.6) is 0 Å². The number of rotatable bonds is 3. The van der Waals surface area contributed by atoms with Crippen LogP contribution >= 0.6 is 0 Å². The fraction of sp³-hybridized carbons (Fsp3) is 0.533. The van der Waals surface area contributed by atoms with Crippen molar-refractivity contribution >= 4 is 5.97 Å². The second kappa shape index (κ2) is 5.82. The van der Waals surface area contributed by atoms with Crippen LogP contribution in [0.3, 0.4) is 0 Å². The molecular weight excluding hydrogens is 311 g/mol. The lowest BCUT2D eigenvalue weighted by molar-refractivity contribution is -0.219. The number of aromatic nitrogens is 3. The van der Waals surface area contributed by atoms with Gasteiger partial charge in [0, 0.05) is 0 Å². The second-order valence-electron chi connectivity index (χ2n) is 6.45. The molecule has 0 radical (unpaired) electrons. The summed E-state index contributed by atoms with van der Waals surface area (Å²) in [5.74, 6) is -2.68. The normalized spacial score (nSPS) is 24.7. The van der Waals surface area contributed by atoms with Gasteiger partial charge in [-0.05, 0) is 26.8 Å². The Morgan fingerprint density at radius 1 is 1.30 bits per heavy atom. The summed E-state index contributed by atoms with van der Waals surface area (Å²) in [6, 6.07) is 0. The van der Waals surface area contributed by atoms with Gasteiger partial charge in [-0.2, -0.15) is 18.3 Å². The smallest absolute Gasteiger partial charge is 0.399 e. The molecule has 0 amide bonds. The van der Waals surface area contributed by atoms with Crippen LogP contribution in [0.15, 0.2) is 37.0 Å². The minimum atomic E-state index is -4.57. The number of nitrogens with zero attached hydrogens (tertiary/aromatic N) is 3. The molecule has 0 aromatic carbocycles. The number of carbonyl (C=O) groups excluding carboxylic acids is 1. The summed E-state index contributed by atoms with van der Waals surface area (Å²) in [4.78, 5) is 16.0. The van der Waals surface area contributed by atoms with Gasteiger partial charge in [-0.1, -0.05) is 18.2 Å². The van der Waals surface area contributed by atoms with Gasteiger partial charge in [-0.15, -0.1) is 0 Å². The summed E-state index contributed by atoms with van der Waals surface area (Å²) in [5.41, 5.74) is -2.83. The number of alkyl halides is 3. The summed E-state index contributed by atoms with van der Waals surface area (Å²) in [7, 11) is 0. The molecule has 2 atom stereocenters. The average molecular weight is 329 g/mol. The highest BCUT2D eigenvalue weighted by molar-refractivity contribution is 5.76. The van der Waals surface area contributed by atoms with Crippen LogP contribution < -0.4 is 0 Å². The molecule has 2 rings (SSSR count). The Labute approximate surface area is 131 Å². The summed E-state index contributed by atoms with van der Waals surface area (Å²) in [5, 5.41) is 3.83. The molecule has 1 aliphatic carbocycles. The third-order valence-corrected chi connectivity index (χ3v) is 3.44. The minimum Gasteiger partial charge on any atom is -0.451 e.